The summed E-state index contributed by atoms with van der Waals surface area (Å²) in [5.74, 6) is -0.555. The number of anilines is 1. The van der Waals surface area contributed by atoms with Gasteiger partial charge in [-0.3, -0.25) is 0 Å². The minimum Gasteiger partial charge on any atom is -0.418 e. The maximum absolute atomic E-state index is 13.2. The fraction of sp³-hybridized carbons (Fsp3) is 0.176. The smallest absolute Gasteiger partial charge is 0.247 e. The number of rotatable bonds is 4. The Bertz CT molecular complexity index is 795. The van der Waals surface area contributed by atoms with Crippen molar-refractivity contribution in [3.63, 3.8) is 0 Å². The number of hydrogen-bond donors (Lipinski definition) is 1. The van der Waals surface area contributed by atoms with E-state index >= 15 is 0 Å². The van der Waals surface area contributed by atoms with Crippen LogP contribution in [0.1, 0.15) is 24.4 Å². The van der Waals surface area contributed by atoms with Gasteiger partial charge in [0.15, 0.2) is 0 Å². The number of benzene rings is 2. The molecule has 1 atom stereocenters. The van der Waals surface area contributed by atoms with Crippen LogP contribution in [0, 0.1) is 18.6 Å². The lowest BCUT2D eigenvalue weighted by Gasteiger charge is -2.11. The molecule has 0 saturated heterocycles. The van der Waals surface area contributed by atoms with E-state index in [9.17, 15) is 8.78 Å². The summed E-state index contributed by atoms with van der Waals surface area (Å²) in [7, 11) is 0. The number of hydrogen-bond acceptors (Lipinski definition) is 4. The van der Waals surface area contributed by atoms with Gasteiger partial charge in [0.1, 0.15) is 17.7 Å². The molecule has 2 aromatic carbocycles. The van der Waals surface area contributed by atoms with Gasteiger partial charge in [-0.1, -0.05) is 17.7 Å². The lowest BCUT2D eigenvalue weighted by molar-refractivity contribution is 0.484. The molecule has 6 heteroatoms. The average molecular weight is 315 g/mol. The molecule has 0 amide bonds. The molecule has 0 radical (unpaired) electrons. The highest BCUT2D eigenvalue weighted by atomic mass is 19.1. The summed E-state index contributed by atoms with van der Waals surface area (Å²) in [4.78, 5) is 0. The molecule has 118 valence electrons. The molecular formula is C17H15F2N3O. The molecule has 0 aliphatic rings. The highest BCUT2D eigenvalue weighted by Crippen LogP contribution is 2.24. The van der Waals surface area contributed by atoms with Crippen LogP contribution in [0.4, 0.5) is 14.5 Å². The fourth-order valence-corrected chi connectivity index (χ4v) is 2.17. The Hall–Kier alpha value is -2.76. The Kier molecular flexibility index (Phi) is 4.06. The zero-order chi connectivity index (χ0) is 16.4. The van der Waals surface area contributed by atoms with Crippen LogP contribution in [0.15, 0.2) is 46.9 Å². The molecule has 0 fully saturated rings. The van der Waals surface area contributed by atoms with Gasteiger partial charge in [0.05, 0.1) is 0 Å². The first-order valence-corrected chi connectivity index (χ1v) is 7.14. The highest BCUT2D eigenvalue weighted by molar-refractivity contribution is 5.53. The van der Waals surface area contributed by atoms with Gasteiger partial charge in [0.2, 0.25) is 11.8 Å². The van der Waals surface area contributed by atoms with Crippen molar-refractivity contribution in [2.75, 3.05) is 5.32 Å². The van der Waals surface area contributed by atoms with Crippen LogP contribution in [0.3, 0.4) is 0 Å². The third kappa shape index (κ3) is 3.53. The molecular weight excluding hydrogens is 300 g/mol. The van der Waals surface area contributed by atoms with Gasteiger partial charge in [-0.2, -0.15) is 0 Å². The van der Waals surface area contributed by atoms with Crippen LogP contribution in [-0.2, 0) is 0 Å². The molecule has 0 bridgehead atoms. The van der Waals surface area contributed by atoms with Gasteiger partial charge in [-0.25, -0.2) is 8.78 Å². The van der Waals surface area contributed by atoms with Crippen LogP contribution < -0.4 is 5.32 Å². The zero-order valence-electron chi connectivity index (χ0n) is 12.7. The van der Waals surface area contributed by atoms with E-state index in [1.54, 1.807) is 6.92 Å². The molecule has 0 aliphatic carbocycles. The summed E-state index contributed by atoms with van der Waals surface area (Å²) in [5.41, 5.74) is 2.26. The first kappa shape index (κ1) is 15.1. The number of aromatic nitrogens is 2. The Morgan fingerprint density at radius 2 is 1.65 bits per heavy atom. The molecule has 3 rings (SSSR count). The molecule has 1 unspecified atom stereocenters. The highest BCUT2D eigenvalue weighted by Gasteiger charge is 2.15. The van der Waals surface area contributed by atoms with Gasteiger partial charge in [0.25, 0.3) is 0 Å². The molecule has 0 saturated carbocycles. The van der Waals surface area contributed by atoms with Gasteiger partial charge < -0.3 is 9.73 Å². The molecule has 0 spiro atoms. The maximum atomic E-state index is 13.2. The van der Waals surface area contributed by atoms with Crippen molar-refractivity contribution in [2.45, 2.75) is 19.9 Å². The minimum atomic E-state index is -0.648. The summed E-state index contributed by atoms with van der Waals surface area (Å²) in [5, 5.41) is 10.9. The first-order chi connectivity index (χ1) is 11.0. The van der Waals surface area contributed by atoms with Crippen LogP contribution >= 0.6 is 0 Å². The lowest BCUT2D eigenvalue weighted by Crippen LogP contribution is -2.07. The SMILES string of the molecule is Cc1ccc(-c2nnc(C(C)Nc3cc(F)cc(F)c3)o2)cc1. The van der Waals surface area contributed by atoms with Gasteiger partial charge in [-0.15, -0.1) is 10.2 Å². The van der Waals surface area contributed by atoms with E-state index in [0.29, 0.717) is 17.5 Å². The third-order valence-corrected chi connectivity index (χ3v) is 3.36. The molecule has 1 N–H and O–H groups in total. The topological polar surface area (TPSA) is 51.0 Å². The molecule has 0 aliphatic heterocycles. The van der Waals surface area contributed by atoms with Crippen molar-refractivity contribution in [1.29, 1.82) is 0 Å². The fourth-order valence-electron chi connectivity index (χ4n) is 2.17. The van der Waals surface area contributed by atoms with Gasteiger partial charge in [-0.05, 0) is 38.1 Å². The Labute approximate surface area is 132 Å². The molecule has 3 aromatic rings. The van der Waals surface area contributed by atoms with E-state index in [4.69, 9.17) is 4.42 Å². The standard InChI is InChI=1S/C17H15F2N3O/c1-10-3-5-12(6-4-10)17-22-21-16(23-17)11(2)20-15-8-13(18)7-14(19)9-15/h3-9,11,20H,1-2H3. The van der Waals surface area contributed by atoms with Crippen molar-refractivity contribution < 1.29 is 13.2 Å². The second kappa shape index (κ2) is 6.16. The number of nitrogens with one attached hydrogen (secondary N) is 1. The van der Waals surface area contributed by atoms with Crippen molar-refractivity contribution in [2.24, 2.45) is 0 Å². The van der Waals surface area contributed by atoms with Crippen molar-refractivity contribution >= 4 is 5.69 Å². The molecule has 4 nitrogen and oxygen atoms in total. The van der Waals surface area contributed by atoms with E-state index in [1.807, 2.05) is 31.2 Å². The Balaban J connectivity index is 1.78. The third-order valence-electron chi connectivity index (χ3n) is 3.36. The van der Waals surface area contributed by atoms with Crippen LogP contribution in [-0.4, -0.2) is 10.2 Å². The average Bonchev–Trinajstić information content (AvgIpc) is 2.97. The van der Waals surface area contributed by atoms with Gasteiger partial charge in [0, 0.05) is 17.3 Å². The predicted molar refractivity (Wildman–Crippen MR) is 82.9 cm³/mol. The van der Waals surface area contributed by atoms with Crippen molar-refractivity contribution in [1.82, 2.24) is 10.2 Å². The summed E-state index contributed by atoms with van der Waals surface area (Å²) in [6.45, 7) is 3.77. The van der Waals surface area contributed by atoms with Crippen LogP contribution in [0.2, 0.25) is 0 Å². The number of aryl methyl sites for hydroxylation is 1. The van der Waals surface area contributed by atoms with Crippen molar-refractivity contribution in [3.05, 3.63) is 65.6 Å². The maximum Gasteiger partial charge on any atom is 0.247 e. The van der Waals surface area contributed by atoms with Crippen LogP contribution in [0.25, 0.3) is 11.5 Å². The molecule has 1 aromatic heterocycles. The van der Waals surface area contributed by atoms with E-state index < -0.39 is 11.6 Å². The zero-order valence-corrected chi connectivity index (χ0v) is 12.7. The Morgan fingerprint density at radius 3 is 2.30 bits per heavy atom. The largest absolute Gasteiger partial charge is 0.418 e. The summed E-state index contributed by atoms with van der Waals surface area (Å²) in [6.07, 6.45) is 0. The summed E-state index contributed by atoms with van der Waals surface area (Å²) >= 11 is 0. The van der Waals surface area contributed by atoms with Crippen LogP contribution in [0.5, 0.6) is 0 Å². The number of nitrogens with zero attached hydrogens (tertiary/aromatic N) is 2. The normalized spacial score (nSPS) is 12.2. The monoisotopic (exact) mass is 315 g/mol. The van der Waals surface area contributed by atoms with E-state index in [1.165, 1.54) is 12.1 Å². The first-order valence-electron chi connectivity index (χ1n) is 7.14. The second-order valence-electron chi connectivity index (χ2n) is 5.34. The lowest BCUT2D eigenvalue weighted by atomic mass is 10.1. The van der Waals surface area contributed by atoms with E-state index in [2.05, 4.69) is 15.5 Å². The quantitative estimate of drug-likeness (QED) is 0.770. The second-order valence-corrected chi connectivity index (χ2v) is 5.34. The predicted octanol–water partition coefficient (Wildman–Crippen LogP) is 4.50. The van der Waals surface area contributed by atoms with E-state index in [0.717, 1.165) is 17.2 Å². The summed E-state index contributed by atoms with van der Waals surface area (Å²) in [6, 6.07) is 10.5. The summed E-state index contributed by atoms with van der Waals surface area (Å²) < 4.78 is 32.0. The molecule has 1 heterocycles. The molecule has 23 heavy (non-hydrogen) atoms. The van der Waals surface area contributed by atoms with Crippen molar-refractivity contribution in [3.8, 4) is 11.5 Å². The van der Waals surface area contributed by atoms with Gasteiger partial charge >= 0.3 is 0 Å². The Morgan fingerprint density at radius 1 is 1.00 bits per heavy atom. The number of halogens is 2. The van der Waals surface area contributed by atoms with E-state index in [-0.39, 0.29) is 6.04 Å². The minimum absolute atomic E-state index is 0.310.